The van der Waals surface area contributed by atoms with E-state index >= 15 is 0 Å². The quantitative estimate of drug-likeness (QED) is 0.0112. The van der Waals surface area contributed by atoms with E-state index in [0.29, 0.717) is 115 Å². The van der Waals surface area contributed by atoms with E-state index in [0.717, 1.165) is 72.7 Å². The smallest absolute Gasteiger partial charge is 0.196 e. The van der Waals surface area contributed by atoms with Crippen LogP contribution in [0.25, 0.3) is 0 Å². The molecule has 0 atom stereocenters. The first-order valence-corrected chi connectivity index (χ1v) is 42.6. The van der Waals surface area contributed by atoms with E-state index in [1.807, 2.05) is 124 Å². The van der Waals surface area contributed by atoms with Gasteiger partial charge in [0.25, 0.3) is 0 Å². The monoisotopic (exact) mass is 1800 g/mol. The van der Waals surface area contributed by atoms with Crippen molar-refractivity contribution in [3.05, 3.63) is 335 Å². The maximum Gasteiger partial charge on any atom is 0.196 e. The fourth-order valence-corrected chi connectivity index (χ4v) is 15.4. The molecule has 1 aliphatic heterocycles. The average molecular weight is 1810 g/mol. The number of isothiocyanates is 1. The Balaban J connectivity index is 0.000000200. The number of carbonyl (C=O) groups is 5. The summed E-state index contributed by atoms with van der Waals surface area (Å²) in [6.07, 6.45) is 3.40. The van der Waals surface area contributed by atoms with Crippen molar-refractivity contribution in [2.75, 3.05) is 37.1 Å². The Kier molecular flexibility index (Phi) is 39.3. The highest BCUT2D eigenvalue weighted by Gasteiger charge is 2.25. The minimum Gasteiger partial charge on any atom is -0.497 e. The van der Waals surface area contributed by atoms with Crippen LogP contribution in [0.4, 0.5) is 20.0 Å². The summed E-state index contributed by atoms with van der Waals surface area (Å²) in [5.41, 5.74) is 22.8. The summed E-state index contributed by atoms with van der Waals surface area (Å²) < 4.78 is 10.2. The van der Waals surface area contributed by atoms with Crippen LogP contribution in [0.3, 0.4) is 0 Å². The molecule has 0 spiro atoms. The number of nitrogens with one attached hydrogen (secondary N) is 2. The first kappa shape index (κ1) is 95.2. The molecule has 0 radical (unpaired) electrons. The molecule has 0 bridgehead atoms. The van der Waals surface area contributed by atoms with Crippen molar-refractivity contribution in [3.63, 3.8) is 0 Å². The number of carbonyl (C=O) groups excluding carboxylic acids is 5. The van der Waals surface area contributed by atoms with E-state index in [9.17, 15) is 24.0 Å². The van der Waals surface area contributed by atoms with Crippen LogP contribution >= 0.6 is 140 Å². The zero-order valence-corrected chi connectivity index (χ0v) is 74.9. The van der Waals surface area contributed by atoms with Crippen molar-refractivity contribution >= 4 is 211 Å². The zero-order chi connectivity index (χ0) is 86.0. The number of thiocarbonyl (C=S) groups is 3. The molecule has 1 aliphatic rings. The second kappa shape index (κ2) is 48.8. The van der Waals surface area contributed by atoms with E-state index in [2.05, 4.69) is 77.2 Å². The van der Waals surface area contributed by atoms with Gasteiger partial charge in [-0.2, -0.15) is 15.4 Å². The number of hydrazone groups is 1. The number of ether oxygens (including phenoxy) is 2. The highest BCUT2D eigenvalue weighted by Crippen LogP contribution is 2.36. The highest BCUT2D eigenvalue weighted by atomic mass is 35.5. The standard InChI is InChI=1S/C22H20ClN3S2.C21H20ClN3O2S2.C13H8ClNOS2.C12H10ClNOS.C9H6ClNO.C9H13NO.C3H6O/c1-3-15-4-6-16(7-5-15)13-26-22(27)24-21-19(12-14(2)28-21)20(25-26)17-8-10-18(23)11-9-17;1-13-11-18(19(26)15-5-7-16(22)8-6-15)20(29-13)24-21(28)25(23)12-14-3-9-17(27-2)10-4-14;1-8-6-11(13(18-8)15-7-17)12(16)9-2-4-10(14)5-3-9;1-7-6-10(12(14)16-7)11(15)8-2-4-9(13)5-3-8;10-8-3-1-7(2-4-8)9(12)5-6-11;1-11-9-4-2-8(3-5-9)6-7-10;1-2-3-4/h4-12H,3,13H2,1-2H3,(H,24,27);3-11H,12,23H2,1-2H3,(H,24,28);2-6H,1H3;2-6H,14H2,1H3;1-4H,5H2;2-5H,6-7,10H2,1H3;3H,2H2,1H3. The Morgan fingerprint density at radius 3 is 1.47 bits per heavy atom. The lowest BCUT2D eigenvalue weighted by Gasteiger charge is -2.20. The predicted octanol–water partition coefficient (Wildman–Crippen LogP) is 23.7. The van der Waals surface area contributed by atoms with Crippen LogP contribution in [-0.4, -0.2) is 81.3 Å². The second-order valence-electron chi connectivity index (χ2n) is 25.4. The Bertz CT molecular complexity index is 5500. The molecule has 4 aromatic heterocycles. The lowest BCUT2D eigenvalue weighted by molar-refractivity contribution is -0.107. The first-order chi connectivity index (χ1) is 56.6. The number of nitriles is 1. The Morgan fingerprint density at radius 2 is 1.02 bits per heavy atom. The second-order valence-corrected chi connectivity index (χ2v) is 33.5. The number of rotatable bonds is 21. The number of methoxy groups -OCH3 is 2. The molecule has 17 nitrogen and oxygen atoms in total. The van der Waals surface area contributed by atoms with Gasteiger partial charge in [-0.1, -0.05) is 133 Å². The number of halogens is 5. The van der Waals surface area contributed by atoms with E-state index in [1.54, 1.807) is 129 Å². The van der Waals surface area contributed by atoms with Crippen molar-refractivity contribution in [1.82, 2.24) is 10.0 Å². The normalized spacial score (nSPS) is 10.7. The lowest BCUT2D eigenvalue weighted by Crippen LogP contribution is -2.39. The summed E-state index contributed by atoms with van der Waals surface area (Å²) in [4.78, 5) is 65.7. The molecule has 5 heterocycles. The largest absolute Gasteiger partial charge is 0.497 e. The number of hydrogen-bond donors (Lipinski definition) is 5. The third-order valence-electron chi connectivity index (χ3n) is 16.6. The molecule has 0 saturated carbocycles. The number of nitrogens with two attached hydrogens (primary N) is 3. The number of aryl methyl sites for hydroxylation is 5. The molecule has 0 unspecified atom stereocenters. The number of hydrogen-bond acceptors (Lipinski definition) is 20. The van der Waals surface area contributed by atoms with Gasteiger partial charge in [-0.3, -0.25) is 24.2 Å². The van der Waals surface area contributed by atoms with Crippen LogP contribution < -0.4 is 37.4 Å². The number of benzene rings is 8. The summed E-state index contributed by atoms with van der Waals surface area (Å²) in [7, 11) is 3.28. The van der Waals surface area contributed by atoms with Gasteiger partial charge in [0.15, 0.2) is 33.4 Å². The molecule has 0 aliphatic carbocycles. The van der Waals surface area contributed by atoms with Crippen LogP contribution in [0.5, 0.6) is 11.5 Å². The van der Waals surface area contributed by atoms with Gasteiger partial charge in [-0.25, -0.2) is 10.9 Å². The summed E-state index contributed by atoms with van der Waals surface area (Å²) in [5.74, 6) is 7.39. The molecule has 29 heteroatoms. The third-order valence-corrected chi connectivity index (χ3v) is 22.4. The Labute approximate surface area is 744 Å². The minimum atomic E-state index is -0.172. The van der Waals surface area contributed by atoms with Gasteiger partial charge in [-0.05, 0) is 264 Å². The molecular weight excluding hydrogens is 1720 g/mol. The summed E-state index contributed by atoms with van der Waals surface area (Å²) >= 11 is 50.9. The van der Waals surface area contributed by atoms with Gasteiger partial charge in [-0.15, -0.1) is 45.3 Å². The Morgan fingerprint density at radius 1 is 0.593 bits per heavy atom. The molecule has 0 saturated heterocycles. The molecular formula is C89H83Cl5N10O7S7. The van der Waals surface area contributed by atoms with Crippen LogP contribution in [0, 0.1) is 39.0 Å². The molecule has 118 heavy (non-hydrogen) atoms. The van der Waals surface area contributed by atoms with E-state index in [-0.39, 0.29) is 29.6 Å². The predicted molar refractivity (Wildman–Crippen MR) is 502 cm³/mol. The van der Waals surface area contributed by atoms with Crippen molar-refractivity contribution in [1.29, 1.82) is 5.26 Å². The van der Waals surface area contributed by atoms with Crippen LogP contribution in [0.15, 0.2) is 228 Å². The van der Waals surface area contributed by atoms with Gasteiger partial charge >= 0.3 is 0 Å². The summed E-state index contributed by atoms with van der Waals surface area (Å²) in [5, 5.41) is 32.2. The van der Waals surface area contributed by atoms with Crippen LogP contribution in [0.1, 0.15) is 138 Å². The number of nitrogen functional groups attached to an aromatic ring is 1. The molecule has 8 aromatic carbocycles. The van der Waals surface area contributed by atoms with Gasteiger partial charge in [0.05, 0.1) is 66.7 Å². The number of ketones is 4. The number of nitrogens with zero attached hydrogens (tertiary/aromatic N) is 5. The zero-order valence-electron chi connectivity index (χ0n) is 65.4. The number of fused-ring (bicyclic) bond motifs is 1. The molecule has 0 amide bonds. The number of thiophene rings is 4. The maximum atomic E-state index is 12.9. The molecule has 8 N–H and O–H groups in total. The van der Waals surface area contributed by atoms with E-state index in [4.69, 9.17) is 120 Å². The Hall–Kier alpha value is -9.98. The van der Waals surface area contributed by atoms with E-state index in [1.165, 1.54) is 60.6 Å². The number of anilines is 3. The molecule has 0 fully saturated rings. The van der Waals surface area contributed by atoms with Crippen LogP contribution in [-0.2, 0) is 30.7 Å². The topological polar surface area (TPSA) is 261 Å². The van der Waals surface area contributed by atoms with Crippen molar-refractivity contribution in [3.8, 4) is 17.6 Å². The maximum absolute atomic E-state index is 12.9. The van der Waals surface area contributed by atoms with Gasteiger partial charge in [0.2, 0.25) is 0 Å². The summed E-state index contributed by atoms with van der Waals surface area (Å²) in [6, 6.07) is 68.2. The third kappa shape index (κ3) is 29.8. The number of Topliss-reactive ketones (excluding diaryl/α,β-unsaturated/α-hetero) is 1. The van der Waals surface area contributed by atoms with Crippen molar-refractivity contribution < 1.29 is 33.4 Å². The molecule has 12 aromatic rings. The number of aldehydes is 1. The van der Waals surface area contributed by atoms with E-state index < -0.39 is 0 Å². The number of hydrazine groups is 1. The first-order valence-electron chi connectivity index (χ1n) is 36.2. The fraction of sp³-hybridized carbons (Fsp3) is 0.169. The number of aliphatic imine (C=N–C) groups is 1. The van der Waals surface area contributed by atoms with Gasteiger partial charge in [0, 0.05) is 84.4 Å². The highest BCUT2D eigenvalue weighted by molar-refractivity contribution is 7.80. The van der Waals surface area contributed by atoms with Crippen molar-refractivity contribution in [2.45, 2.75) is 80.3 Å². The lowest BCUT2D eigenvalue weighted by atomic mass is 10.0. The van der Waals surface area contributed by atoms with Crippen LogP contribution in [0.2, 0.25) is 25.1 Å². The van der Waals surface area contributed by atoms with Gasteiger partial charge < -0.3 is 36.4 Å². The summed E-state index contributed by atoms with van der Waals surface area (Å²) in [6.45, 7) is 13.6. The molecule has 13 rings (SSSR count). The average Bonchev–Trinajstić information content (AvgIpc) is 1.65. The fourth-order valence-electron chi connectivity index (χ4n) is 10.6. The minimum absolute atomic E-state index is 0.0569. The SMILES string of the molecule is CCC=O.CCc1ccc(CN2N=C(c3ccc(Cl)cc3)c3cc(C)sc3NC2=S)cc1.COc1ccc(CCN)cc1.COc1ccc(CN(N)C(=S)Nc2sc(C)cc2C(=O)c2ccc(Cl)cc2)cc1.Cc1cc(C(=O)c2ccc(Cl)cc2)c(N)s1.Cc1cc(C(=O)c2ccc(Cl)cc2)c(N=C=S)s1.N#CCC(=O)c1ccc(Cl)cc1. The molecule has 608 valence electrons. The van der Waals surface area contributed by atoms with Crippen molar-refractivity contribution in [2.24, 2.45) is 21.7 Å². The van der Waals surface area contributed by atoms with Gasteiger partial charge in [0.1, 0.15) is 38.5 Å².